The van der Waals surface area contributed by atoms with Gasteiger partial charge in [-0.05, 0) is 27.0 Å². The van der Waals surface area contributed by atoms with Crippen LogP contribution in [0.2, 0.25) is 0 Å². The molecule has 2 rings (SSSR count). The van der Waals surface area contributed by atoms with Gasteiger partial charge in [0.25, 0.3) is 0 Å². The highest BCUT2D eigenvalue weighted by Crippen LogP contribution is 2.40. The minimum atomic E-state index is -0.155. The van der Waals surface area contributed by atoms with E-state index >= 15 is 0 Å². The van der Waals surface area contributed by atoms with E-state index in [2.05, 4.69) is 31.8 Å². The standard InChI is InChI=1S/C15H21NO2/c1-5-8-17-11-6-7-12-13(16-4)10-15(2,3)18-14(12)9-11/h5-7,9,13,16H,1,8,10H2,2-4H3. The molecule has 3 heteroatoms. The van der Waals surface area contributed by atoms with Gasteiger partial charge in [0.1, 0.15) is 23.7 Å². The maximum absolute atomic E-state index is 6.03. The molecule has 1 aliphatic rings. The lowest BCUT2D eigenvalue weighted by molar-refractivity contribution is 0.0671. The molecule has 0 amide bonds. The lowest BCUT2D eigenvalue weighted by atomic mass is 9.90. The fourth-order valence-electron chi connectivity index (χ4n) is 2.33. The van der Waals surface area contributed by atoms with Gasteiger partial charge in [-0.3, -0.25) is 0 Å². The topological polar surface area (TPSA) is 30.5 Å². The third-order valence-electron chi connectivity index (χ3n) is 3.16. The van der Waals surface area contributed by atoms with E-state index in [1.165, 1.54) is 5.56 Å². The van der Waals surface area contributed by atoms with E-state index < -0.39 is 0 Å². The first-order chi connectivity index (χ1) is 8.55. The second kappa shape index (κ2) is 5.02. The molecule has 0 spiro atoms. The Kier molecular flexibility index (Phi) is 3.62. The van der Waals surface area contributed by atoms with Crippen LogP contribution in [-0.2, 0) is 0 Å². The molecule has 0 aliphatic carbocycles. The molecule has 1 aromatic rings. The summed E-state index contributed by atoms with van der Waals surface area (Å²) in [5.74, 6) is 1.73. The highest BCUT2D eigenvalue weighted by molar-refractivity contribution is 5.44. The van der Waals surface area contributed by atoms with Crippen molar-refractivity contribution in [2.45, 2.75) is 31.9 Å². The molecule has 18 heavy (non-hydrogen) atoms. The van der Waals surface area contributed by atoms with Crippen LogP contribution in [0.5, 0.6) is 11.5 Å². The summed E-state index contributed by atoms with van der Waals surface area (Å²) in [4.78, 5) is 0. The van der Waals surface area contributed by atoms with Gasteiger partial charge < -0.3 is 14.8 Å². The molecule has 1 aliphatic heterocycles. The van der Waals surface area contributed by atoms with Gasteiger partial charge in [-0.1, -0.05) is 18.7 Å². The Balaban J connectivity index is 2.30. The van der Waals surface area contributed by atoms with Gasteiger partial charge >= 0.3 is 0 Å². The van der Waals surface area contributed by atoms with Crippen molar-refractivity contribution in [3.05, 3.63) is 36.4 Å². The largest absolute Gasteiger partial charge is 0.489 e. The molecule has 0 fully saturated rings. The number of benzene rings is 1. The Morgan fingerprint density at radius 3 is 3.00 bits per heavy atom. The number of nitrogens with one attached hydrogen (secondary N) is 1. The smallest absolute Gasteiger partial charge is 0.128 e. The van der Waals surface area contributed by atoms with E-state index in [1.54, 1.807) is 6.08 Å². The zero-order chi connectivity index (χ0) is 13.2. The van der Waals surface area contributed by atoms with Crippen molar-refractivity contribution < 1.29 is 9.47 Å². The van der Waals surface area contributed by atoms with Crippen molar-refractivity contribution in [3.63, 3.8) is 0 Å². The zero-order valence-corrected chi connectivity index (χ0v) is 11.3. The maximum Gasteiger partial charge on any atom is 0.128 e. The van der Waals surface area contributed by atoms with Gasteiger partial charge in [-0.15, -0.1) is 0 Å². The predicted octanol–water partition coefficient (Wildman–Crippen LogP) is 3.07. The molecule has 0 radical (unpaired) electrons. The van der Waals surface area contributed by atoms with Crippen LogP contribution >= 0.6 is 0 Å². The Morgan fingerprint density at radius 2 is 2.33 bits per heavy atom. The number of fused-ring (bicyclic) bond motifs is 1. The van der Waals surface area contributed by atoms with Crippen LogP contribution < -0.4 is 14.8 Å². The minimum absolute atomic E-state index is 0.155. The fourth-order valence-corrected chi connectivity index (χ4v) is 2.33. The molecule has 0 aromatic heterocycles. The summed E-state index contributed by atoms with van der Waals surface area (Å²) in [5.41, 5.74) is 1.04. The van der Waals surface area contributed by atoms with Gasteiger partial charge in [0.2, 0.25) is 0 Å². The van der Waals surface area contributed by atoms with E-state index in [0.29, 0.717) is 12.6 Å². The number of rotatable bonds is 4. The van der Waals surface area contributed by atoms with Crippen LogP contribution in [-0.4, -0.2) is 19.3 Å². The Hall–Kier alpha value is -1.48. The van der Waals surface area contributed by atoms with Gasteiger partial charge in [-0.25, -0.2) is 0 Å². The Bertz CT molecular complexity index is 440. The third kappa shape index (κ3) is 2.67. The highest BCUT2D eigenvalue weighted by atomic mass is 16.5. The van der Waals surface area contributed by atoms with Crippen molar-refractivity contribution in [3.8, 4) is 11.5 Å². The first kappa shape index (κ1) is 13.0. The highest BCUT2D eigenvalue weighted by Gasteiger charge is 2.33. The van der Waals surface area contributed by atoms with Crippen molar-refractivity contribution >= 4 is 0 Å². The van der Waals surface area contributed by atoms with Crippen LogP contribution in [0.1, 0.15) is 31.9 Å². The zero-order valence-electron chi connectivity index (χ0n) is 11.3. The third-order valence-corrected chi connectivity index (χ3v) is 3.16. The molecule has 0 saturated carbocycles. The number of ether oxygens (including phenoxy) is 2. The van der Waals surface area contributed by atoms with Crippen LogP contribution in [0, 0.1) is 0 Å². The molecule has 0 saturated heterocycles. The molecular formula is C15H21NO2. The molecular weight excluding hydrogens is 226 g/mol. The van der Waals surface area contributed by atoms with Crippen molar-refractivity contribution in [2.75, 3.05) is 13.7 Å². The average Bonchev–Trinajstić information content (AvgIpc) is 2.33. The second-order valence-electron chi connectivity index (χ2n) is 5.21. The summed E-state index contributed by atoms with van der Waals surface area (Å²) in [5, 5.41) is 3.34. The summed E-state index contributed by atoms with van der Waals surface area (Å²) in [6.07, 6.45) is 2.70. The summed E-state index contributed by atoms with van der Waals surface area (Å²) >= 11 is 0. The van der Waals surface area contributed by atoms with Crippen molar-refractivity contribution in [1.29, 1.82) is 0 Å². The Morgan fingerprint density at radius 1 is 1.56 bits per heavy atom. The van der Waals surface area contributed by atoms with E-state index in [9.17, 15) is 0 Å². The molecule has 98 valence electrons. The maximum atomic E-state index is 6.03. The van der Waals surface area contributed by atoms with E-state index in [0.717, 1.165) is 17.9 Å². The molecule has 1 heterocycles. The van der Waals surface area contributed by atoms with Crippen molar-refractivity contribution in [1.82, 2.24) is 5.32 Å². The molecule has 1 N–H and O–H groups in total. The summed E-state index contributed by atoms with van der Waals surface area (Å²) < 4.78 is 11.6. The second-order valence-corrected chi connectivity index (χ2v) is 5.21. The molecule has 1 unspecified atom stereocenters. The quantitative estimate of drug-likeness (QED) is 0.829. The number of hydrogen-bond donors (Lipinski definition) is 1. The summed E-state index contributed by atoms with van der Waals surface area (Å²) in [7, 11) is 1.98. The molecule has 1 aromatic carbocycles. The summed E-state index contributed by atoms with van der Waals surface area (Å²) in [6, 6.07) is 6.35. The lowest BCUT2D eigenvalue weighted by Gasteiger charge is -2.37. The first-order valence-corrected chi connectivity index (χ1v) is 6.29. The molecule has 0 bridgehead atoms. The van der Waals surface area contributed by atoms with E-state index in [4.69, 9.17) is 9.47 Å². The minimum Gasteiger partial charge on any atom is -0.489 e. The van der Waals surface area contributed by atoms with Crippen LogP contribution in [0.25, 0.3) is 0 Å². The SMILES string of the molecule is C=CCOc1ccc2c(c1)OC(C)(C)CC2NC. The van der Waals surface area contributed by atoms with Crippen LogP contribution in [0.3, 0.4) is 0 Å². The molecule has 1 atom stereocenters. The lowest BCUT2D eigenvalue weighted by Crippen LogP contribution is -2.38. The van der Waals surface area contributed by atoms with Gasteiger partial charge in [0.05, 0.1) is 0 Å². The van der Waals surface area contributed by atoms with Crippen LogP contribution in [0.4, 0.5) is 0 Å². The van der Waals surface area contributed by atoms with E-state index in [-0.39, 0.29) is 5.60 Å². The van der Waals surface area contributed by atoms with Gasteiger partial charge in [0, 0.05) is 24.1 Å². The van der Waals surface area contributed by atoms with E-state index in [1.807, 2.05) is 19.2 Å². The summed E-state index contributed by atoms with van der Waals surface area (Å²) in [6.45, 7) is 8.37. The number of hydrogen-bond acceptors (Lipinski definition) is 3. The predicted molar refractivity (Wildman–Crippen MR) is 73.3 cm³/mol. The van der Waals surface area contributed by atoms with Gasteiger partial charge in [-0.2, -0.15) is 0 Å². The van der Waals surface area contributed by atoms with Crippen molar-refractivity contribution in [2.24, 2.45) is 0 Å². The first-order valence-electron chi connectivity index (χ1n) is 6.29. The van der Waals surface area contributed by atoms with Gasteiger partial charge in [0.15, 0.2) is 0 Å². The Labute approximate surface area is 109 Å². The monoisotopic (exact) mass is 247 g/mol. The normalized spacial score (nSPS) is 20.7. The average molecular weight is 247 g/mol. The van der Waals surface area contributed by atoms with Crippen LogP contribution in [0.15, 0.2) is 30.9 Å². The molecule has 3 nitrogen and oxygen atoms in total. The fraction of sp³-hybridized carbons (Fsp3) is 0.467.